The van der Waals surface area contributed by atoms with Gasteiger partial charge in [-0.2, -0.15) is 0 Å². The van der Waals surface area contributed by atoms with Gasteiger partial charge in [0, 0.05) is 17.6 Å². The van der Waals surface area contributed by atoms with Crippen LogP contribution in [0.15, 0.2) is 77.7 Å². The maximum Gasteiger partial charge on any atom is 0.264 e. The Hall–Kier alpha value is -3.76. The Morgan fingerprint density at radius 3 is 1.93 bits per heavy atom. The number of nitrogens with one attached hydrogen (secondary N) is 1. The van der Waals surface area contributed by atoms with Crippen LogP contribution < -0.4 is 19.1 Å². The van der Waals surface area contributed by atoms with Gasteiger partial charge in [0.05, 0.1) is 24.8 Å². The monoisotopic (exact) mass is 601 g/mol. The number of hydrogen-bond donors (Lipinski definition) is 1. The number of amides is 2. The Labute approximate surface area is 247 Å². The fourth-order valence-corrected chi connectivity index (χ4v) is 5.53. The molecule has 0 aliphatic heterocycles. The third-order valence-corrected chi connectivity index (χ3v) is 8.76. The van der Waals surface area contributed by atoms with Crippen molar-refractivity contribution in [3.05, 3.63) is 83.4 Å². The lowest BCUT2D eigenvalue weighted by atomic mass is 10.1. The molecule has 0 spiro atoms. The lowest BCUT2D eigenvalue weighted by molar-refractivity contribution is -0.139. The number of nitrogens with zero attached hydrogens (tertiary/aromatic N) is 2. The third kappa shape index (κ3) is 8.14. The van der Waals surface area contributed by atoms with E-state index < -0.39 is 28.5 Å². The summed E-state index contributed by atoms with van der Waals surface area (Å²) in [6.07, 6.45) is 0.718. The molecule has 0 saturated carbocycles. The summed E-state index contributed by atoms with van der Waals surface area (Å²) in [5.74, 6) is 0.246. The number of rotatable bonds is 13. The largest absolute Gasteiger partial charge is 0.497 e. The summed E-state index contributed by atoms with van der Waals surface area (Å²) >= 11 is 6.07. The van der Waals surface area contributed by atoms with Crippen LogP contribution >= 0.6 is 11.6 Å². The predicted octanol–water partition coefficient (Wildman–Crippen LogP) is 4.88. The number of anilines is 1. The van der Waals surface area contributed by atoms with Gasteiger partial charge in [-0.25, -0.2) is 8.42 Å². The minimum atomic E-state index is -4.20. The quantitative estimate of drug-likeness (QED) is 0.299. The van der Waals surface area contributed by atoms with Crippen molar-refractivity contribution < 1.29 is 27.5 Å². The molecule has 9 nitrogen and oxygen atoms in total. The van der Waals surface area contributed by atoms with Crippen LogP contribution in [0.5, 0.6) is 11.5 Å². The lowest BCUT2D eigenvalue weighted by Crippen LogP contribution is -2.52. The number of carbonyl (C=O) groups is 2. The Morgan fingerprint density at radius 1 is 0.878 bits per heavy atom. The molecule has 0 fully saturated rings. The maximum atomic E-state index is 14.0. The SMILES string of the molecule is CC[C@H](C)NC(=O)[C@@H](C)N(Cc1ccc(OC)cc1)C(=O)CN(c1ccc(Cl)cc1)S(=O)(=O)c1ccc(OC)cc1. The zero-order valence-corrected chi connectivity index (χ0v) is 25.4. The van der Waals surface area contributed by atoms with Gasteiger partial charge in [0.1, 0.15) is 24.1 Å². The van der Waals surface area contributed by atoms with E-state index in [-0.39, 0.29) is 29.1 Å². The van der Waals surface area contributed by atoms with Gasteiger partial charge in [-0.1, -0.05) is 30.7 Å². The molecule has 3 rings (SSSR count). The van der Waals surface area contributed by atoms with E-state index in [0.29, 0.717) is 16.5 Å². The van der Waals surface area contributed by atoms with Crippen LogP contribution in [0.4, 0.5) is 5.69 Å². The maximum absolute atomic E-state index is 14.0. The molecule has 1 N–H and O–H groups in total. The summed E-state index contributed by atoms with van der Waals surface area (Å²) in [4.78, 5) is 28.5. The van der Waals surface area contributed by atoms with Gasteiger partial charge in [0.25, 0.3) is 10.0 Å². The Morgan fingerprint density at radius 2 is 1.41 bits per heavy atom. The Bertz CT molecular complexity index is 1410. The molecule has 0 radical (unpaired) electrons. The third-order valence-electron chi connectivity index (χ3n) is 6.72. The Balaban J connectivity index is 2.01. The van der Waals surface area contributed by atoms with E-state index in [1.165, 1.54) is 48.4 Å². The van der Waals surface area contributed by atoms with Crippen LogP contribution in [0, 0.1) is 0 Å². The minimum absolute atomic E-state index is 0.0229. The molecule has 11 heteroatoms. The van der Waals surface area contributed by atoms with Crippen LogP contribution in [-0.2, 0) is 26.2 Å². The molecule has 41 heavy (non-hydrogen) atoms. The van der Waals surface area contributed by atoms with E-state index in [0.717, 1.165) is 16.3 Å². The van der Waals surface area contributed by atoms with Crippen LogP contribution in [0.1, 0.15) is 32.8 Å². The number of methoxy groups -OCH3 is 2. The number of benzene rings is 3. The molecule has 0 bridgehead atoms. The first-order chi connectivity index (χ1) is 19.5. The van der Waals surface area contributed by atoms with Crippen LogP contribution in [0.25, 0.3) is 0 Å². The van der Waals surface area contributed by atoms with Crippen molar-refractivity contribution in [1.82, 2.24) is 10.2 Å². The molecular weight excluding hydrogens is 566 g/mol. The highest BCUT2D eigenvalue weighted by atomic mass is 35.5. The van der Waals surface area contributed by atoms with Gasteiger partial charge >= 0.3 is 0 Å². The average molecular weight is 602 g/mol. The van der Waals surface area contributed by atoms with E-state index >= 15 is 0 Å². The molecular formula is C30H36ClN3O6S. The highest BCUT2D eigenvalue weighted by Crippen LogP contribution is 2.27. The van der Waals surface area contributed by atoms with Gasteiger partial charge < -0.3 is 19.7 Å². The van der Waals surface area contributed by atoms with Crippen molar-refractivity contribution in [3.8, 4) is 11.5 Å². The highest BCUT2D eigenvalue weighted by Gasteiger charge is 2.32. The van der Waals surface area contributed by atoms with Crippen LogP contribution in [0.2, 0.25) is 5.02 Å². The molecule has 0 saturated heterocycles. The predicted molar refractivity (Wildman–Crippen MR) is 160 cm³/mol. The molecule has 0 heterocycles. The summed E-state index contributed by atoms with van der Waals surface area (Å²) in [6, 6.07) is 18.2. The van der Waals surface area contributed by atoms with Gasteiger partial charge in [0.2, 0.25) is 11.8 Å². The molecule has 0 aliphatic rings. The first-order valence-corrected chi connectivity index (χ1v) is 15.0. The second-order valence-corrected chi connectivity index (χ2v) is 11.8. The first-order valence-electron chi connectivity index (χ1n) is 13.1. The molecule has 2 amide bonds. The van der Waals surface area contributed by atoms with Crippen molar-refractivity contribution >= 4 is 39.1 Å². The molecule has 0 unspecified atom stereocenters. The van der Waals surface area contributed by atoms with E-state index in [1.54, 1.807) is 50.4 Å². The summed E-state index contributed by atoms with van der Waals surface area (Å²) in [5, 5.41) is 3.33. The second-order valence-electron chi connectivity index (χ2n) is 9.53. The smallest absolute Gasteiger partial charge is 0.264 e. The van der Waals surface area contributed by atoms with Crippen molar-refractivity contribution in [1.29, 1.82) is 0 Å². The minimum Gasteiger partial charge on any atom is -0.497 e. The van der Waals surface area contributed by atoms with Crippen LogP contribution in [0.3, 0.4) is 0 Å². The molecule has 3 aromatic carbocycles. The number of sulfonamides is 1. The zero-order valence-electron chi connectivity index (χ0n) is 23.8. The second kappa shape index (κ2) is 14.2. The summed E-state index contributed by atoms with van der Waals surface area (Å²) in [5.41, 5.74) is 0.998. The number of ether oxygens (including phenoxy) is 2. The summed E-state index contributed by atoms with van der Waals surface area (Å²) in [7, 11) is -1.16. The molecule has 3 aromatic rings. The van der Waals surface area contributed by atoms with Gasteiger partial charge in [-0.05, 0) is 86.5 Å². The summed E-state index contributed by atoms with van der Waals surface area (Å²) < 4.78 is 39.2. The normalized spacial score (nSPS) is 12.6. The van der Waals surface area contributed by atoms with Gasteiger partial charge in [0.15, 0.2) is 0 Å². The van der Waals surface area contributed by atoms with E-state index in [1.807, 2.05) is 13.8 Å². The van der Waals surface area contributed by atoms with Gasteiger partial charge in [-0.3, -0.25) is 13.9 Å². The average Bonchev–Trinajstić information content (AvgIpc) is 2.98. The van der Waals surface area contributed by atoms with E-state index in [2.05, 4.69) is 5.32 Å². The lowest BCUT2D eigenvalue weighted by Gasteiger charge is -2.32. The molecule has 220 valence electrons. The fraction of sp³-hybridized carbons (Fsp3) is 0.333. The first kappa shape index (κ1) is 31.8. The van der Waals surface area contributed by atoms with Crippen molar-refractivity contribution in [3.63, 3.8) is 0 Å². The summed E-state index contributed by atoms with van der Waals surface area (Å²) in [6.45, 7) is 4.99. The van der Waals surface area contributed by atoms with E-state index in [4.69, 9.17) is 21.1 Å². The number of halogens is 1. The highest BCUT2D eigenvalue weighted by molar-refractivity contribution is 7.92. The molecule has 0 aromatic heterocycles. The molecule has 0 aliphatic carbocycles. The Kier molecular flexibility index (Phi) is 11.0. The number of carbonyl (C=O) groups excluding carboxylic acids is 2. The number of hydrogen-bond acceptors (Lipinski definition) is 6. The van der Waals surface area contributed by atoms with Crippen LogP contribution in [-0.4, -0.2) is 58.0 Å². The standard InChI is InChI=1S/C30H36ClN3O6S/c1-6-21(2)32-30(36)22(3)33(19-23-7-13-26(39-4)14-8-23)29(35)20-34(25-11-9-24(31)10-12-25)41(37,38)28-17-15-27(40-5)16-18-28/h7-18,21-22H,6,19-20H2,1-5H3,(H,32,36)/t21-,22+/m0/s1. The van der Waals surface area contributed by atoms with Crippen molar-refractivity contribution in [2.75, 3.05) is 25.1 Å². The van der Waals surface area contributed by atoms with Crippen molar-refractivity contribution in [2.45, 2.75) is 50.7 Å². The van der Waals surface area contributed by atoms with Crippen molar-refractivity contribution in [2.24, 2.45) is 0 Å². The fourth-order valence-electron chi connectivity index (χ4n) is 3.99. The molecule has 2 atom stereocenters. The zero-order chi connectivity index (χ0) is 30.2. The van der Waals surface area contributed by atoms with E-state index in [9.17, 15) is 18.0 Å². The topological polar surface area (TPSA) is 105 Å². The van der Waals surface area contributed by atoms with Gasteiger partial charge in [-0.15, -0.1) is 0 Å².